The van der Waals surface area contributed by atoms with Crippen LogP contribution in [-0.2, 0) is 10.3 Å². The summed E-state index contributed by atoms with van der Waals surface area (Å²) < 4.78 is 0. The Hall–Kier alpha value is -1.31. The fourth-order valence-corrected chi connectivity index (χ4v) is 1.09. The smallest absolute Gasteiger partial charge is 0.207 e. The zero-order chi connectivity index (χ0) is 9.03. The van der Waals surface area contributed by atoms with E-state index in [1.54, 1.807) is 0 Å². The van der Waals surface area contributed by atoms with Crippen molar-refractivity contribution in [3.8, 4) is 0 Å². The van der Waals surface area contributed by atoms with Crippen molar-refractivity contribution in [2.45, 2.75) is 19.4 Å². The standard InChI is InChI=1S/C10H13NO/c1-10(2,11-8-12)9-6-4-3-5-7-9/h3-8H,1-2H3,(H,11,12). The lowest BCUT2D eigenvalue weighted by Gasteiger charge is -2.24. The second kappa shape index (κ2) is 3.39. The molecular weight excluding hydrogens is 150 g/mol. The molecule has 0 heterocycles. The lowest BCUT2D eigenvalue weighted by atomic mass is 9.95. The third-order valence-corrected chi connectivity index (χ3v) is 1.92. The number of hydrogen-bond donors (Lipinski definition) is 1. The van der Waals surface area contributed by atoms with Crippen LogP contribution in [0.15, 0.2) is 30.3 Å². The van der Waals surface area contributed by atoms with Crippen molar-refractivity contribution < 1.29 is 4.79 Å². The van der Waals surface area contributed by atoms with Gasteiger partial charge in [0.05, 0.1) is 5.54 Å². The highest BCUT2D eigenvalue weighted by Gasteiger charge is 2.17. The summed E-state index contributed by atoms with van der Waals surface area (Å²) in [4.78, 5) is 10.3. The number of carbonyl (C=O) groups is 1. The molecule has 0 aliphatic rings. The first kappa shape index (κ1) is 8.78. The molecule has 0 spiro atoms. The molecule has 1 rings (SSSR count). The summed E-state index contributed by atoms with van der Waals surface area (Å²) in [6.07, 6.45) is 0.729. The molecular formula is C10H13NO. The molecule has 0 aromatic heterocycles. The van der Waals surface area contributed by atoms with Crippen LogP contribution in [0.4, 0.5) is 0 Å². The maximum atomic E-state index is 10.3. The maximum absolute atomic E-state index is 10.3. The molecule has 0 saturated heterocycles. The minimum absolute atomic E-state index is 0.275. The van der Waals surface area contributed by atoms with Crippen molar-refractivity contribution in [3.63, 3.8) is 0 Å². The number of amides is 1. The number of hydrogen-bond acceptors (Lipinski definition) is 1. The molecule has 0 atom stereocenters. The normalized spacial score (nSPS) is 10.8. The summed E-state index contributed by atoms with van der Waals surface area (Å²) in [5.74, 6) is 0. The van der Waals surface area contributed by atoms with Gasteiger partial charge in [-0.15, -0.1) is 0 Å². The molecule has 0 aliphatic heterocycles. The fourth-order valence-electron chi connectivity index (χ4n) is 1.09. The molecule has 64 valence electrons. The second-order valence-electron chi connectivity index (χ2n) is 3.25. The Bertz CT molecular complexity index is 254. The van der Waals surface area contributed by atoms with Gasteiger partial charge in [-0.05, 0) is 19.4 Å². The molecule has 0 unspecified atom stereocenters. The molecule has 0 bridgehead atoms. The summed E-state index contributed by atoms with van der Waals surface area (Å²) in [5.41, 5.74) is 0.834. The molecule has 0 saturated carbocycles. The average molecular weight is 163 g/mol. The molecule has 0 aliphatic carbocycles. The highest BCUT2D eigenvalue weighted by atomic mass is 16.1. The molecule has 0 radical (unpaired) electrons. The van der Waals surface area contributed by atoms with Crippen molar-refractivity contribution in [3.05, 3.63) is 35.9 Å². The molecule has 0 fully saturated rings. The van der Waals surface area contributed by atoms with Gasteiger partial charge in [-0.2, -0.15) is 0 Å². The van der Waals surface area contributed by atoms with Gasteiger partial charge in [-0.1, -0.05) is 30.3 Å². The first-order valence-corrected chi connectivity index (χ1v) is 3.94. The lowest BCUT2D eigenvalue weighted by Crippen LogP contribution is -2.35. The van der Waals surface area contributed by atoms with E-state index in [-0.39, 0.29) is 5.54 Å². The summed E-state index contributed by atoms with van der Waals surface area (Å²) in [7, 11) is 0. The predicted octanol–water partition coefficient (Wildman–Crippen LogP) is 1.67. The van der Waals surface area contributed by atoms with Gasteiger partial charge in [0.25, 0.3) is 0 Å². The maximum Gasteiger partial charge on any atom is 0.207 e. The van der Waals surface area contributed by atoms with Gasteiger partial charge >= 0.3 is 0 Å². The summed E-state index contributed by atoms with van der Waals surface area (Å²) in [5, 5.41) is 2.76. The lowest BCUT2D eigenvalue weighted by molar-refractivity contribution is -0.111. The Balaban J connectivity index is 2.89. The Morgan fingerprint density at radius 2 is 1.83 bits per heavy atom. The molecule has 12 heavy (non-hydrogen) atoms. The van der Waals surface area contributed by atoms with Crippen molar-refractivity contribution in [1.82, 2.24) is 5.32 Å². The van der Waals surface area contributed by atoms with Gasteiger partial charge in [-0.25, -0.2) is 0 Å². The van der Waals surface area contributed by atoms with Gasteiger partial charge < -0.3 is 5.32 Å². The van der Waals surface area contributed by atoms with Crippen LogP contribution >= 0.6 is 0 Å². The Kier molecular flexibility index (Phi) is 2.48. The van der Waals surface area contributed by atoms with Crippen LogP contribution in [0.1, 0.15) is 19.4 Å². The van der Waals surface area contributed by atoms with Crippen molar-refractivity contribution in [2.24, 2.45) is 0 Å². The predicted molar refractivity (Wildman–Crippen MR) is 48.7 cm³/mol. The number of carbonyl (C=O) groups excluding carboxylic acids is 1. The summed E-state index contributed by atoms with van der Waals surface area (Å²) in [6, 6.07) is 9.88. The second-order valence-corrected chi connectivity index (χ2v) is 3.25. The van der Waals surface area contributed by atoms with Gasteiger partial charge in [0.15, 0.2) is 0 Å². The largest absolute Gasteiger partial charge is 0.350 e. The van der Waals surface area contributed by atoms with Crippen LogP contribution in [0.3, 0.4) is 0 Å². The quantitative estimate of drug-likeness (QED) is 0.675. The van der Waals surface area contributed by atoms with Crippen LogP contribution in [0, 0.1) is 0 Å². The fraction of sp³-hybridized carbons (Fsp3) is 0.300. The molecule has 1 amide bonds. The Labute approximate surface area is 72.6 Å². The van der Waals surface area contributed by atoms with E-state index in [0.29, 0.717) is 0 Å². The third kappa shape index (κ3) is 1.84. The first-order valence-electron chi connectivity index (χ1n) is 3.94. The zero-order valence-electron chi connectivity index (χ0n) is 7.37. The molecule has 2 nitrogen and oxygen atoms in total. The van der Waals surface area contributed by atoms with Gasteiger partial charge in [-0.3, -0.25) is 4.79 Å². The topological polar surface area (TPSA) is 29.1 Å². The minimum atomic E-state index is -0.275. The molecule has 2 heteroatoms. The van der Waals surface area contributed by atoms with Crippen LogP contribution in [-0.4, -0.2) is 6.41 Å². The third-order valence-electron chi connectivity index (χ3n) is 1.92. The summed E-state index contributed by atoms with van der Waals surface area (Å²) in [6.45, 7) is 3.94. The summed E-state index contributed by atoms with van der Waals surface area (Å²) >= 11 is 0. The van der Waals surface area contributed by atoms with E-state index in [0.717, 1.165) is 12.0 Å². The van der Waals surface area contributed by atoms with Crippen molar-refractivity contribution >= 4 is 6.41 Å². The SMILES string of the molecule is CC(C)(NC=O)c1ccccc1. The number of benzene rings is 1. The highest BCUT2D eigenvalue weighted by Crippen LogP contribution is 2.17. The minimum Gasteiger partial charge on any atom is -0.350 e. The molecule has 1 aromatic rings. The van der Waals surface area contributed by atoms with E-state index in [9.17, 15) is 4.79 Å². The van der Waals surface area contributed by atoms with Crippen LogP contribution in [0.2, 0.25) is 0 Å². The van der Waals surface area contributed by atoms with Gasteiger partial charge in [0.2, 0.25) is 6.41 Å². The van der Waals surface area contributed by atoms with Crippen LogP contribution < -0.4 is 5.32 Å². The highest BCUT2D eigenvalue weighted by molar-refractivity contribution is 5.49. The molecule has 1 aromatic carbocycles. The van der Waals surface area contributed by atoms with E-state index in [2.05, 4.69) is 5.32 Å². The monoisotopic (exact) mass is 163 g/mol. The number of nitrogens with one attached hydrogen (secondary N) is 1. The van der Waals surface area contributed by atoms with Gasteiger partial charge in [0, 0.05) is 0 Å². The van der Waals surface area contributed by atoms with Crippen molar-refractivity contribution in [2.75, 3.05) is 0 Å². The van der Waals surface area contributed by atoms with Crippen LogP contribution in [0.5, 0.6) is 0 Å². The van der Waals surface area contributed by atoms with E-state index >= 15 is 0 Å². The van der Waals surface area contributed by atoms with E-state index < -0.39 is 0 Å². The first-order chi connectivity index (χ1) is 5.67. The molecule has 1 N–H and O–H groups in total. The van der Waals surface area contributed by atoms with Gasteiger partial charge in [0.1, 0.15) is 0 Å². The van der Waals surface area contributed by atoms with Crippen LogP contribution in [0.25, 0.3) is 0 Å². The van der Waals surface area contributed by atoms with E-state index in [1.165, 1.54) is 0 Å². The zero-order valence-corrected chi connectivity index (χ0v) is 7.37. The van der Waals surface area contributed by atoms with E-state index in [4.69, 9.17) is 0 Å². The van der Waals surface area contributed by atoms with E-state index in [1.807, 2.05) is 44.2 Å². The van der Waals surface area contributed by atoms with Crippen molar-refractivity contribution in [1.29, 1.82) is 0 Å². The Morgan fingerprint density at radius 1 is 1.25 bits per heavy atom. The Morgan fingerprint density at radius 3 is 2.33 bits per heavy atom. The average Bonchev–Trinajstić information content (AvgIpc) is 2.06. The number of rotatable bonds is 3.